The van der Waals surface area contributed by atoms with E-state index in [1.165, 1.54) is 0 Å². The zero-order chi connectivity index (χ0) is 17.8. The summed E-state index contributed by atoms with van der Waals surface area (Å²) in [5, 5.41) is 14.1. The monoisotopic (exact) mass is 332 g/mol. The van der Waals surface area contributed by atoms with Gasteiger partial charge in [0.1, 0.15) is 0 Å². The van der Waals surface area contributed by atoms with Gasteiger partial charge >= 0.3 is 0 Å². The molecule has 4 nitrogen and oxygen atoms in total. The number of aliphatic hydroxyl groups is 1. The minimum absolute atomic E-state index is 0.0422. The molecule has 1 unspecified atom stereocenters. The number of amides is 1. The minimum atomic E-state index is -0.875. The fraction of sp³-hybridized carbons (Fsp3) is 0.650. The summed E-state index contributed by atoms with van der Waals surface area (Å²) in [5.74, 6) is 0.261. The van der Waals surface area contributed by atoms with Gasteiger partial charge in [0.15, 0.2) is 0 Å². The highest BCUT2D eigenvalue weighted by Gasteiger charge is 2.28. The van der Waals surface area contributed by atoms with Gasteiger partial charge in [-0.05, 0) is 30.7 Å². The fourth-order valence-electron chi connectivity index (χ4n) is 3.14. The molecule has 1 heterocycles. The van der Waals surface area contributed by atoms with E-state index in [1.807, 2.05) is 42.2 Å². The molecule has 1 atom stereocenters. The second-order valence-corrected chi connectivity index (χ2v) is 8.41. The number of hydrogen-bond donors (Lipinski definition) is 2. The second kappa shape index (κ2) is 7.66. The molecule has 0 spiro atoms. The molecule has 0 bridgehead atoms. The molecular weight excluding hydrogens is 300 g/mol. The van der Waals surface area contributed by atoms with Crippen LogP contribution < -0.4 is 5.32 Å². The topological polar surface area (TPSA) is 52.6 Å². The molecule has 134 valence electrons. The van der Waals surface area contributed by atoms with E-state index in [2.05, 4.69) is 26.1 Å². The van der Waals surface area contributed by atoms with Crippen LogP contribution in [0.5, 0.6) is 0 Å². The largest absolute Gasteiger partial charge is 0.384 e. The average molecular weight is 332 g/mol. The molecule has 2 N–H and O–H groups in total. The molecule has 0 radical (unpaired) electrons. The number of nitrogens with zero attached hydrogens (tertiary/aromatic N) is 1. The average Bonchev–Trinajstić information content (AvgIpc) is 2.53. The van der Waals surface area contributed by atoms with Crippen molar-refractivity contribution in [2.24, 2.45) is 5.41 Å². The number of benzene rings is 1. The number of nitrogens with one attached hydrogen (secondary N) is 1. The van der Waals surface area contributed by atoms with Crippen molar-refractivity contribution in [1.82, 2.24) is 10.2 Å². The van der Waals surface area contributed by atoms with Crippen molar-refractivity contribution in [3.05, 3.63) is 35.9 Å². The Kier molecular flexibility index (Phi) is 6.05. The van der Waals surface area contributed by atoms with Crippen LogP contribution in [-0.4, -0.2) is 41.6 Å². The van der Waals surface area contributed by atoms with Crippen LogP contribution in [0.3, 0.4) is 0 Å². The fourth-order valence-corrected chi connectivity index (χ4v) is 3.14. The molecule has 1 aromatic carbocycles. The first-order chi connectivity index (χ1) is 11.2. The summed E-state index contributed by atoms with van der Waals surface area (Å²) in [6.07, 6.45) is 2.50. The van der Waals surface area contributed by atoms with E-state index < -0.39 is 5.60 Å². The third kappa shape index (κ3) is 5.60. The van der Waals surface area contributed by atoms with E-state index in [0.717, 1.165) is 31.5 Å². The van der Waals surface area contributed by atoms with Crippen molar-refractivity contribution >= 4 is 5.91 Å². The van der Waals surface area contributed by atoms with Gasteiger partial charge in [-0.1, -0.05) is 51.1 Å². The predicted molar refractivity (Wildman–Crippen MR) is 97.7 cm³/mol. The molecule has 0 saturated carbocycles. The van der Waals surface area contributed by atoms with Gasteiger partial charge in [-0.3, -0.25) is 4.79 Å². The van der Waals surface area contributed by atoms with Crippen molar-refractivity contribution in [2.45, 2.75) is 58.6 Å². The molecule has 1 fully saturated rings. The first-order valence-electron chi connectivity index (χ1n) is 8.96. The van der Waals surface area contributed by atoms with Gasteiger partial charge in [0, 0.05) is 32.1 Å². The summed E-state index contributed by atoms with van der Waals surface area (Å²) < 4.78 is 0. The lowest BCUT2D eigenvalue weighted by molar-refractivity contribution is -0.134. The molecule has 24 heavy (non-hydrogen) atoms. The van der Waals surface area contributed by atoms with Crippen LogP contribution >= 0.6 is 0 Å². The van der Waals surface area contributed by atoms with Crippen LogP contribution in [0.15, 0.2) is 30.3 Å². The summed E-state index contributed by atoms with van der Waals surface area (Å²) in [6, 6.07) is 10.1. The highest BCUT2D eigenvalue weighted by atomic mass is 16.3. The first kappa shape index (κ1) is 18.9. The number of likely N-dealkylation sites (tertiary alicyclic amines) is 1. The van der Waals surface area contributed by atoms with Gasteiger partial charge in [0.25, 0.3) is 0 Å². The van der Waals surface area contributed by atoms with E-state index >= 15 is 0 Å². The van der Waals surface area contributed by atoms with Crippen molar-refractivity contribution in [3.63, 3.8) is 0 Å². The van der Waals surface area contributed by atoms with E-state index in [4.69, 9.17) is 0 Å². The lowest BCUT2D eigenvalue weighted by Gasteiger charge is -2.35. The Morgan fingerprint density at radius 1 is 1.17 bits per heavy atom. The van der Waals surface area contributed by atoms with Crippen LogP contribution in [0, 0.1) is 5.41 Å². The zero-order valence-corrected chi connectivity index (χ0v) is 15.5. The Labute approximate surface area is 146 Å². The number of rotatable bonds is 5. The van der Waals surface area contributed by atoms with Crippen LogP contribution in [0.25, 0.3) is 0 Å². The Morgan fingerprint density at radius 3 is 2.29 bits per heavy atom. The maximum atomic E-state index is 12.3. The Hall–Kier alpha value is -1.39. The summed E-state index contributed by atoms with van der Waals surface area (Å²) in [6.45, 7) is 10.3. The molecule has 1 amide bonds. The van der Waals surface area contributed by atoms with Gasteiger partial charge < -0.3 is 15.3 Å². The van der Waals surface area contributed by atoms with Crippen LogP contribution in [0.2, 0.25) is 0 Å². The predicted octanol–water partition coefficient (Wildman–Crippen LogP) is 2.91. The van der Waals surface area contributed by atoms with Gasteiger partial charge in [-0.25, -0.2) is 0 Å². The van der Waals surface area contributed by atoms with E-state index in [0.29, 0.717) is 19.0 Å². The van der Waals surface area contributed by atoms with Crippen LogP contribution in [-0.2, 0) is 10.4 Å². The molecule has 0 aliphatic carbocycles. The highest BCUT2D eigenvalue weighted by molar-refractivity contribution is 5.76. The van der Waals surface area contributed by atoms with Crippen LogP contribution in [0.4, 0.5) is 0 Å². The number of piperidine rings is 1. The second-order valence-electron chi connectivity index (χ2n) is 8.41. The van der Waals surface area contributed by atoms with Crippen LogP contribution in [0.1, 0.15) is 52.5 Å². The summed E-state index contributed by atoms with van der Waals surface area (Å²) >= 11 is 0. The van der Waals surface area contributed by atoms with Gasteiger partial charge in [-0.2, -0.15) is 0 Å². The molecule has 1 aliphatic rings. The SMILES string of the molecule is CC(C)(C)CC(=O)N1CCC(NCC(C)(O)c2ccccc2)CC1. The van der Waals surface area contributed by atoms with Crippen molar-refractivity contribution in [2.75, 3.05) is 19.6 Å². The molecule has 1 aromatic rings. The third-order valence-electron chi connectivity index (χ3n) is 4.66. The Bertz CT molecular complexity index is 526. The molecule has 2 rings (SSSR count). The van der Waals surface area contributed by atoms with Gasteiger partial charge in [0.2, 0.25) is 5.91 Å². The van der Waals surface area contributed by atoms with E-state index in [9.17, 15) is 9.90 Å². The molecular formula is C20H32N2O2. The van der Waals surface area contributed by atoms with Gasteiger partial charge in [-0.15, -0.1) is 0 Å². The smallest absolute Gasteiger partial charge is 0.223 e. The molecule has 0 aromatic heterocycles. The molecule has 1 saturated heterocycles. The first-order valence-corrected chi connectivity index (χ1v) is 8.96. The Morgan fingerprint density at radius 2 is 1.75 bits per heavy atom. The summed E-state index contributed by atoms with van der Waals surface area (Å²) in [4.78, 5) is 14.3. The minimum Gasteiger partial charge on any atom is -0.384 e. The quantitative estimate of drug-likeness (QED) is 0.872. The van der Waals surface area contributed by atoms with Gasteiger partial charge in [0.05, 0.1) is 5.60 Å². The molecule has 1 aliphatic heterocycles. The normalized spacial score (nSPS) is 19.1. The maximum Gasteiger partial charge on any atom is 0.223 e. The maximum absolute atomic E-state index is 12.3. The number of carbonyl (C=O) groups excluding carboxylic acids is 1. The van der Waals surface area contributed by atoms with Crippen molar-refractivity contribution in [3.8, 4) is 0 Å². The summed E-state index contributed by atoms with van der Waals surface area (Å²) in [7, 11) is 0. The summed E-state index contributed by atoms with van der Waals surface area (Å²) in [5.41, 5.74) is 0.0939. The zero-order valence-electron chi connectivity index (χ0n) is 15.5. The third-order valence-corrected chi connectivity index (χ3v) is 4.66. The van der Waals surface area contributed by atoms with Crippen molar-refractivity contribution in [1.29, 1.82) is 0 Å². The van der Waals surface area contributed by atoms with Crippen molar-refractivity contribution < 1.29 is 9.90 Å². The number of hydrogen-bond acceptors (Lipinski definition) is 3. The number of carbonyl (C=O) groups is 1. The molecule has 4 heteroatoms. The standard InChI is InChI=1S/C20H32N2O2/c1-19(2,3)14-18(23)22-12-10-17(11-13-22)21-15-20(4,24)16-8-6-5-7-9-16/h5-9,17,21,24H,10-15H2,1-4H3. The Balaban J connectivity index is 1.78. The van der Waals surface area contributed by atoms with E-state index in [1.54, 1.807) is 0 Å². The lowest BCUT2D eigenvalue weighted by Crippen LogP contribution is -2.48. The van der Waals surface area contributed by atoms with E-state index in [-0.39, 0.29) is 11.3 Å². The lowest BCUT2D eigenvalue weighted by atomic mass is 9.91. The highest BCUT2D eigenvalue weighted by Crippen LogP contribution is 2.23.